The van der Waals surface area contributed by atoms with Gasteiger partial charge in [-0.2, -0.15) is 0 Å². The molecule has 1 heterocycles. The molecule has 0 aromatic heterocycles. The number of carboxylic acid groups (broad SMARTS) is 1. The van der Waals surface area contributed by atoms with Crippen molar-refractivity contribution in [2.24, 2.45) is 4.99 Å². The van der Waals surface area contributed by atoms with Crippen molar-refractivity contribution in [2.75, 3.05) is 0 Å². The maximum Gasteiger partial charge on any atom is 0.305 e. The van der Waals surface area contributed by atoms with Gasteiger partial charge in [0.15, 0.2) is 0 Å². The molecule has 0 aromatic carbocycles. The molecule has 0 amide bonds. The van der Waals surface area contributed by atoms with Crippen molar-refractivity contribution < 1.29 is 9.90 Å². The largest absolute Gasteiger partial charge is 0.481 e. The monoisotopic (exact) mass is 207 g/mol. The summed E-state index contributed by atoms with van der Waals surface area (Å²) >= 11 is 0. The number of unbranched alkanes of at least 4 members (excludes halogenated alkanes) is 1. The number of aliphatic imine (C=N–C) groups is 1. The first-order valence-electron chi connectivity index (χ1n) is 5.35. The topological polar surface area (TPSA) is 49.7 Å². The minimum absolute atomic E-state index is 0.0772. The van der Waals surface area contributed by atoms with Gasteiger partial charge in [0.2, 0.25) is 0 Å². The van der Waals surface area contributed by atoms with Crippen LogP contribution in [0.4, 0.5) is 0 Å². The number of carbonyl (C=O) groups is 1. The quantitative estimate of drug-likeness (QED) is 0.753. The molecule has 1 atom stereocenters. The Labute approximate surface area is 90.2 Å². The van der Waals surface area contributed by atoms with Crippen LogP contribution < -0.4 is 0 Å². The summed E-state index contributed by atoms with van der Waals surface area (Å²) in [6, 6.07) is -0.204. The zero-order chi connectivity index (χ0) is 11.1. The van der Waals surface area contributed by atoms with Crippen molar-refractivity contribution in [1.29, 1.82) is 0 Å². The average Bonchev–Trinajstić information content (AvgIpc) is 2.39. The summed E-state index contributed by atoms with van der Waals surface area (Å²) in [5, 5.41) is 8.70. The van der Waals surface area contributed by atoms with Gasteiger partial charge in [0.05, 0.1) is 12.5 Å². The predicted octanol–water partition coefficient (Wildman–Crippen LogP) is 2.59. The minimum atomic E-state index is -0.801. The molecule has 0 saturated carbocycles. The Morgan fingerprint density at radius 3 is 3.00 bits per heavy atom. The first-order valence-corrected chi connectivity index (χ1v) is 5.35. The van der Waals surface area contributed by atoms with Gasteiger partial charge in [-0.3, -0.25) is 9.79 Å². The van der Waals surface area contributed by atoms with Gasteiger partial charge in [0, 0.05) is 5.71 Å². The van der Waals surface area contributed by atoms with E-state index in [1.807, 2.05) is 24.3 Å². The maximum atomic E-state index is 10.6. The maximum absolute atomic E-state index is 10.6. The Balaban J connectivity index is 2.61. The van der Waals surface area contributed by atoms with Crippen LogP contribution in [-0.2, 0) is 4.79 Å². The lowest BCUT2D eigenvalue weighted by Crippen LogP contribution is -2.10. The Bertz CT molecular complexity index is 303. The predicted molar refractivity (Wildman–Crippen MR) is 61.3 cm³/mol. The standard InChI is InChI=1S/C12H17NO2/c1-2-3-6-10-7-4-5-8-11(13-10)9-12(14)15/h4-5,7-8,11H,2-3,6,9H2,1H3,(H,14,15)/t11-/m1/s1. The molecule has 1 rings (SSSR count). The van der Waals surface area contributed by atoms with Gasteiger partial charge in [0.25, 0.3) is 0 Å². The highest BCUT2D eigenvalue weighted by Crippen LogP contribution is 2.09. The van der Waals surface area contributed by atoms with Crippen LogP contribution in [0.3, 0.4) is 0 Å². The normalized spacial score (nSPS) is 19.8. The van der Waals surface area contributed by atoms with E-state index in [0.717, 1.165) is 25.0 Å². The van der Waals surface area contributed by atoms with E-state index in [0.29, 0.717) is 0 Å². The molecule has 1 N–H and O–H groups in total. The second-order valence-corrected chi connectivity index (χ2v) is 3.63. The molecule has 82 valence electrons. The second-order valence-electron chi connectivity index (χ2n) is 3.63. The van der Waals surface area contributed by atoms with Crippen LogP contribution >= 0.6 is 0 Å². The van der Waals surface area contributed by atoms with Gasteiger partial charge in [-0.25, -0.2) is 0 Å². The van der Waals surface area contributed by atoms with E-state index in [2.05, 4.69) is 11.9 Å². The molecule has 15 heavy (non-hydrogen) atoms. The SMILES string of the molecule is CCCCC1=N[C@@H](CC(=O)O)C=CC=C1. The van der Waals surface area contributed by atoms with E-state index in [-0.39, 0.29) is 12.5 Å². The number of rotatable bonds is 5. The third-order valence-electron chi connectivity index (χ3n) is 2.23. The van der Waals surface area contributed by atoms with Crippen LogP contribution in [0.25, 0.3) is 0 Å². The summed E-state index contributed by atoms with van der Waals surface area (Å²) in [6.07, 6.45) is 10.8. The molecule has 1 aliphatic rings. The fourth-order valence-electron chi connectivity index (χ4n) is 1.46. The summed E-state index contributed by atoms with van der Waals surface area (Å²) in [5.41, 5.74) is 1.01. The van der Waals surface area contributed by atoms with Crippen LogP contribution in [0.1, 0.15) is 32.6 Å². The van der Waals surface area contributed by atoms with Gasteiger partial charge >= 0.3 is 5.97 Å². The third kappa shape index (κ3) is 4.58. The molecule has 0 aliphatic carbocycles. The Morgan fingerprint density at radius 1 is 1.53 bits per heavy atom. The molecule has 0 bridgehead atoms. The highest BCUT2D eigenvalue weighted by Gasteiger charge is 2.10. The lowest BCUT2D eigenvalue weighted by molar-refractivity contribution is -0.137. The molecule has 0 aromatic rings. The Kier molecular flexibility index (Phi) is 4.81. The zero-order valence-corrected chi connectivity index (χ0v) is 9.02. The van der Waals surface area contributed by atoms with Crippen molar-refractivity contribution in [3.63, 3.8) is 0 Å². The number of aliphatic carboxylic acids is 1. The molecule has 0 radical (unpaired) electrons. The van der Waals surface area contributed by atoms with Crippen LogP contribution in [0.15, 0.2) is 29.3 Å². The van der Waals surface area contributed by atoms with Crippen LogP contribution in [0.5, 0.6) is 0 Å². The summed E-state index contributed by atoms with van der Waals surface area (Å²) in [7, 11) is 0. The molecule has 0 unspecified atom stereocenters. The van der Waals surface area contributed by atoms with Crippen LogP contribution in [0, 0.1) is 0 Å². The first-order chi connectivity index (χ1) is 7.22. The number of allylic oxidation sites excluding steroid dienone is 3. The zero-order valence-electron chi connectivity index (χ0n) is 9.02. The summed E-state index contributed by atoms with van der Waals surface area (Å²) < 4.78 is 0. The minimum Gasteiger partial charge on any atom is -0.481 e. The smallest absolute Gasteiger partial charge is 0.305 e. The van der Waals surface area contributed by atoms with Gasteiger partial charge in [-0.15, -0.1) is 0 Å². The average molecular weight is 207 g/mol. The molecule has 0 fully saturated rings. The van der Waals surface area contributed by atoms with E-state index in [1.54, 1.807) is 0 Å². The molecular formula is C12H17NO2. The van der Waals surface area contributed by atoms with E-state index in [4.69, 9.17) is 5.11 Å². The van der Waals surface area contributed by atoms with E-state index in [9.17, 15) is 4.79 Å². The number of hydrogen-bond acceptors (Lipinski definition) is 2. The number of carboxylic acids is 1. The Hall–Kier alpha value is -1.38. The van der Waals surface area contributed by atoms with Crippen LogP contribution in [-0.4, -0.2) is 22.8 Å². The number of hydrogen-bond donors (Lipinski definition) is 1. The first kappa shape index (κ1) is 11.7. The second kappa shape index (κ2) is 6.17. The lowest BCUT2D eigenvalue weighted by Gasteiger charge is -2.05. The van der Waals surface area contributed by atoms with Crippen LogP contribution in [0.2, 0.25) is 0 Å². The highest BCUT2D eigenvalue weighted by atomic mass is 16.4. The highest BCUT2D eigenvalue weighted by molar-refractivity contribution is 5.95. The van der Waals surface area contributed by atoms with Crippen molar-refractivity contribution in [1.82, 2.24) is 0 Å². The summed E-state index contributed by atoms with van der Waals surface area (Å²) in [6.45, 7) is 2.13. The van der Waals surface area contributed by atoms with Gasteiger partial charge < -0.3 is 5.11 Å². The van der Waals surface area contributed by atoms with Gasteiger partial charge in [-0.05, 0) is 18.9 Å². The van der Waals surface area contributed by atoms with E-state index >= 15 is 0 Å². The molecule has 0 spiro atoms. The molecule has 3 nitrogen and oxygen atoms in total. The molecule has 0 saturated heterocycles. The summed E-state index contributed by atoms with van der Waals surface area (Å²) in [4.78, 5) is 15.0. The molecule has 3 heteroatoms. The molecular weight excluding hydrogens is 190 g/mol. The van der Waals surface area contributed by atoms with E-state index < -0.39 is 5.97 Å². The lowest BCUT2D eigenvalue weighted by atomic mass is 10.1. The van der Waals surface area contributed by atoms with Crippen molar-refractivity contribution in [3.8, 4) is 0 Å². The third-order valence-corrected chi connectivity index (χ3v) is 2.23. The Morgan fingerprint density at radius 2 is 2.33 bits per heavy atom. The van der Waals surface area contributed by atoms with Crippen molar-refractivity contribution in [3.05, 3.63) is 24.3 Å². The number of nitrogens with zero attached hydrogens (tertiary/aromatic N) is 1. The van der Waals surface area contributed by atoms with Crippen molar-refractivity contribution in [2.45, 2.75) is 38.6 Å². The fourth-order valence-corrected chi connectivity index (χ4v) is 1.46. The van der Waals surface area contributed by atoms with Crippen molar-refractivity contribution >= 4 is 11.7 Å². The van der Waals surface area contributed by atoms with Gasteiger partial charge in [-0.1, -0.05) is 31.6 Å². The molecule has 1 aliphatic heterocycles. The van der Waals surface area contributed by atoms with Gasteiger partial charge in [0.1, 0.15) is 0 Å². The van der Waals surface area contributed by atoms with E-state index in [1.165, 1.54) is 0 Å². The fraction of sp³-hybridized carbons (Fsp3) is 0.500. The summed E-state index contributed by atoms with van der Waals surface area (Å²) in [5.74, 6) is -0.801.